The van der Waals surface area contributed by atoms with E-state index in [2.05, 4.69) is 31.2 Å². The van der Waals surface area contributed by atoms with Crippen LogP contribution in [-0.2, 0) is 6.42 Å². The van der Waals surface area contributed by atoms with Crippen LogP contribution in [0.25, 0.3) is 9.88 Å². The highest BCUT2D eigenvalue weighted by molar-refractivity contribution is 9.10. The lowest BCUT2D eigenvalue weighted by Gasteiger charge is -2.06. The second kappa shape index (κ2) is 7.49. The standard InChI is InChI=1S/C14H11BrF2N4OS2/c15-8-5-10(23-6-8)13-20-9(7-24-13)12(22)19-2-1-11-18-3-4-21(11)14(16)17/h3-7,14H,1-2H2,(H,19,22). The Morgan fingerprint density at radius 1 is 1.38 bits per heavy atom. The number of amides is 1. The second-order valence-electron chi connectivity index (χ2n) is 4.70. The lowest BCUT2D eigenvalue weighted by atomic mass is 10.3. The van der Waals surface area contributed by atoms with Gasteiger partial charge in [-0.1, -0.05) is 0 Å². The summed E-state index contributed by atoms with van der Waals surface area (Å²) in [6, 6.07) is 1.94. The zero-order valence-corrected chi connectivity index (χ0v) is 15.3. The first kappa shape index (κ1) is 17.2. The van der Waals surface area contributed by atoms with Crippen molar-refractivity contribution in [3.05, 3.63) is 45.2 Å². The molecule has 0 atom stereocenters. The van der Waals surface area contributed by atoms with Crippen LogP contribution in [0.4, 0.5) is 8.78 Å². The van der Waals surface area contributed by atoms with Crippen LogP contribution in [0.1, 0.15) is 22.9 Å². The normalized spacial score (nSPS) is 11.2. The SMILES string of the molecule is O=C(NCCc1nccn1C(F)F)c1csc(-c2cc(Br)cs2)n1. The number of rotatable bonds is 6. The van der Waals surface area contributed by atoms with Crippen LogP contribution in [0.2, 0.25) is 0 Å². The average molecular weight is 433 g/mol. The minimum Gasteiger partial charge on any atom is -0.350 e. The van der Waals surface area contributed by atoms with Crippen molar-refractivity contribution in [2.75, 3.05) is 6.54 Å². The van der Waals surface area contributed by atoms with Crippen LogP contribution in [0, 0.1) is 0 Å². The minimum atomic E-state index is -2.63. The Morgan fingerprint density at radius 2 is 2.21 bits per heavy atom. The fourth-order valence-electron chi connectivity index (χ4n) is 2.01. The molecule has 1 amide bonds. The van der Waals surface area contributed by atoms with E-state index in [1.54, 1.807) is 5.38 Å². The van der Waals surface area contributed by atoms with Crippen LogP contribution in [0.3, 0.4) is 0 Å². The van der Waals surface area contributed by atoms with Crippen LogP contribution in [0.5, 0.6) is 0 Å². The first-order valence-electron chi connectivity index (χ1n) is 6.82. The number of thiophene rings is 1. The summed E-state index contributed by atoms with van der Waals surface area (Å²) in [6.07, 6.45) is 2.75. The van der Waals surface area contributed by atoms with Crippen molar-refractivity contribution in [3.63, 3.8) is 0 Å². The lowest BCUT2D eigenvalue weighted by Crippen LogP contribution is -2.26. The minimum absolute atomic E-state index is 0.208. The van der Waals surface area contributed by atoms with Gasteiger partial charge in [0.2, 0.25) is 0 Å². The van der Waals surface area contributed by atoms with Gasteiger partial charge in [0.15, 0.2) is 0 Å². The number of halogens is 3. The maximum atomic E-state index is 12.7. The number of aromatic nitrogens is 3. The van der Waals surface area contributed by atoms with Gasteiger partial charge in [-0.05, 0) is 22.0 Å². The molecule has 0 aliphatic carbocycles. The maximum absolute atomic E-state index is 12.7. The molecule has 0 saturated carbocycles. The molecule has 3 rings (SSSR count). The zero-order valence-electron chi connectivity index (χ0n) is 12.1. The molecule has 0 bridgehead atoms. The molecular formula is C14H11BrF2N4OS2. The highest BCUT2D eigenvalue weighted by atomic mass is 79.9. The summed E-state index contributed by atoms with van der Waals surface area (Å²) in [7, 11) is 0. The molecule has 0 aromatic carbocycles. The van der Waals surface area contributed by atoms with Crippen molar-refractivity contribution in [2.24, 2.45) is 0 Å². The molecule has 0 aliphatic rings. The topological polar surface area (TPSA) is 59.8 Å². The summed E-state index contributed by atoms with van der Waals surface area (Å²) in [5.74, 6) is -0.101. The Kier molecular flexibility index (Phi) is 5.36. The summed E-state index contributed by atoms with van der Waals surface area (Å²) in [6.45, 7) is -2.43. The third kappa shape index (κ3) is 3.87. The van der Waals surface area contributed by atoms with Gasteiger partial charge in [0.05, 0.1) is 4.88 Å². The van der Waals surface area contributed by atoms with E-state index in [1.807, 2.05) is 11.4 Å². The third-order valence-electron chi connectivity index (χ3n) is 3.11. The molecule has 0 unspecified atom stereocenters. The maximum Gasteiger partial charge on any atom is 0.319 e. The van der Waals surface area contributed by atoms with Crippen LogP contribution >= 0.6 is 38.6 Å². The van der Waals surface area contributed by atoms with E-state index in [-0.39, 0.29) is 24.7 Å². The summed E-state index contributed by atoms with van der Waals surface area (Å²) >= 11 is 6.30. The fourth-order valence-corrected chi connectivity index (χ4v) is 4.32. The molecular weight excluding hydrogens is 422 g/mol. The van der Waals surface area contributed by atoms with Gasteiger partial charge in [0.1, 0.15) is 16.5 Å². The highest BCUT2D eigenvalue weighted by Crippen LogP contribution is 2.31. The Hall–Kier alpha value is -1.65. The molecule has 0 aliphatic heterocycles. The second-order valence-corrected chi connectivity index (χ2v) is 7.39. The number of hydrogen-bond acceptors (Lipinski definition) is 5. The summed E-state index contributed by atoms with van der Waals surface area (Å²) in [5, 5.41) is 7.07. The Morgan fingerprint density at radius 3 is 2.92 bits per heavy atom. The van der Waals surface area contributed by atoms with Gasteiger partial charge in [0.25, 0.3) is 5.91 Å². The third-order valence-corrected chi connectivity index (χ3v) is 5.81. The number of hydrogen-bond donors (Lipinski definition) is 1. The van der Waals surface area contributed by atoms with E-state index in [9.17, 15) is 13.6 Å². The molecule has 3 aromatic rings. The summed E-state index contributed by atoms with van der Waals surface area (Å²) in [5.41, 5.74) is 0.316. The molecule has 3 aromatic heterocycles. The van der Waals surface area contributed by atoms with E-state index in [0.29, 0.717) is 5.69 Å². The quantitative estimate of drug-likeness (QED) is 0.634. The van der Waals surface area contributed by atoms with E-state index >= 15 is 0 Å². The van der Waals surface area contributed by atoms with Gasteiger partial charge in [-0.2, -0.15) is 8.78 Å². The van der Waals surface area contributed by atoms with Crippen LogP contribution in [-0.4, -0.2) is 27.0 Å². The molecule has 10 heteroatoms. The molecule has 0 spiro atoms. The van der Waals surface area contributed by atoms with Gasteiger partial charge in [-0.3, -0.25) is 9.36 Å². The van der Waals surface area contributed by atoms with Gasteiger partial charge < -0.3 is 5.32 Å². The number of nitrogens with one attached hydrogen (secondary N) is 1. The predicted octanol–water partition coefficient (Wildman–Crippen LogP) is 4.20. The van der Waals surface area contributed by atoms with Crippen molar-refractivity contribution < 1.29 is 13.6 Å². The number of alkyl halides is 2. The number of imidazole rings is 1. The molecule has 5 nitrogen and oxygen atoms in total. The number of carbonyl (C=O) groups excluding carboxylic acids is 1. The average Bonchev–Trinajstić information content (AvgIpc) is 3.26. The van der Waals surface area contributed by atoms with Crippen LogP contribution in [0.15, 0.2) is 33.7 Å². The number of carbonyl (C=O) groups is 1. The molecule has 0 saturated heterocycles. The van der Waals surface area contributed by atoms with Gasteiger partial charge in [-0.25, -0.2) is 9.97 Å². The largest absolute Gasteiger partial charge is 0.350 e. The van der Waals surface area contributed by atoms with E-state index < -0.39 is 6.55 Å². The van der Waals surface area contributed by atoms with E-state index in [1.165, 1.54) is 35.1 Å². The smallest absolute Gasteiger partial charge is 0.319 e. The molecule has 0 radical (unpaired) electrons. The zero-order chi connectivity index (χ0) is 17.1. The van der Waals surface area contributed by atoms with Crippen LogP contribution < -0.4 is 5.32 Å². The fraction of sp³-hybridized carbons (Fsp3) is 0.214. The van der Waals surface area contributed by atoms with Gasteiger partial charge in [0, 0.05) is 40.6 Å². The lowest BCUT2D eigenvalue weighted by molar-refractivity contribution is 0.0670. The Balaban J connectivity index is 1.58. The van der Waals surface area contributed by atoms with Crippen molar-refractivity contribution in [1.82, 2.24) is 19.9 Å². The number of thiazole rings is 1. The molecule has 0 fully saturated rings. The summed E-state index contributed by atoms with van der Waals surface area (Å²) < 4.78 is 27.2. The predicted molar refractivity (Wildman–Crippen MR) is 92.6 cm³/mol. The molecule has 1 N–H and O–H groups in total. The van der Waals surface area contributed by atoms with Gasteiger partial charge in [-0.15, -0.1) is 22.7 Å². The van der Waals surface area contributed by atoms with Crippen molar-refractivity contribution in [3.8, 4) is 9.88 Å². The molecule has 24 heavy (non-hydrogen) atoms. The van der Waals surface area contributed by atoms with Crippen molar-refractivity contribution in [1.29, 1.82) is 0 Å². The van der Waals surface area contributed by atoms with Crippen molar-refractivity contribution >= 4 is 44.5 Å². The first-order valence-corrected chi connectivity index (χ1v) is 9.38. The van der Waals surface area contributed by atoms with E-state index in [0.717, 1.165) is 18.9 Å². The Bertz CT molecular complexity index is 845. The molecule has 126 valence electrons. The monoisotopic (exact) mass is 432 g/mol. The first-order chi connectivity index (χ1) is 11.5. The molecule has 3 heterocycles. The van der Waals surface area contributed by atoms with E-state index in [4.69, 9.17) is 0 Å². The summed E-state index contributed by atoms with van der Waals surface area (Å²) in [4.78, 5) is 21.2. The Labute approximate surface area is 152 Å². The van der Waals surface area contributed by atoms with Crippen molar-refractivity contribution in [2.45, 2.75) is 13.0 Å². The number of nitrogens with zero attached hydrogens (tertiary/aromatic N) is 3. The highest BCUT2D eigenvalue weighted by Gasteiger charge is 2.14. The van der Waals surface area contributed by atoms with Gasteiger partial charge >= 0.3 is 6.55 Å².